The van der Waals surface area contributed by atoms with E-state index in [9.17, 15) is 4.79 Å². The van der Waals surface area contributed by atoms with E-state index >= 15 is 0 Å². The molecule has 0 spiro atoms. The van der Waals surface area contributed by atoms with E-state index in [0.29, 0.717) is 11.7 Å². The maximum atomic E-state index is 11.7. The second-order valence-corrected chi connectivity index (χ2v) is 4.35. The van der Waals surface area contributed by atoms with E-state index in [1.54, 1.807) is 0 Å². The number of hydrogen-bond acceptors (Lipinski definition) is 1. The third-order valence-corrected chi connectivity index (χ3v) is 2.94. The van der Waals surface area contributed by atoms with Gasteiger partial charge in [0.25, 0.3) is 0 Å². The summed E-state index contributed by atoms with van der Waals surface area (Å²) in [6.07, 6.45) is 4.84. The fourth-order valence-electron chi connectivity index (χ4n) is 1.99. The smallest absolute Gasteiger partial charge is 0.159 e. The maximum Gasteiger partial charge on any atom is 0.159 e. The lowest BCUT2D eigenvalue weighted by atomic mass is 9.85. The molecule has 1 aliphatic carbocycles. The van der Waals surface area contributed by atoms with Crippen LogP contribution in [-0.2, 0) is 4.79 Å². The summed E-state index contributed by atoms with van der Waals surface area (Å²) in [6.45, 7) is 2.15. The van der Waals surface area contributed by atoms with Gasteiger partial charge < -0.3 is 0 Å². The Balaban J connectivity index is 2.17. The van der Waals surface area contributed by atoms with Gasteiger partial charge in [-0.15, -0.1) is 0 Å². The van der Waals surface area contributed by atoms with Crippen molar-refractivity contribution in [1.29, 1.82) is 0 Å². The van der Waals surface area contributed by atoms with Gasteiger partial charge in [-0.25, -0.2) is 0 Å². The quantitative estimate of drug-likeness (QED) is 0.634. The van der Waals surface area contributed by atoms with Gasteiger partial charge in [0.2, 0.25) is 0 Å². The van der Waals surface area contributed by atoms with Crippen LogP contribution in [0.15, 0.2) is 35.9 Å². The third kappa shape index (κ3) is 2.56. The van der Waals surface area contributed by atoms with Gasteiger partial charge in [0.15, 0.2) is 5.78 Å². The average molecular weight is 200 g/mol. The fraction of sp³-hybridized carbons (Fsp3) is 0.357. The topological polar surface area (TPSA) is 17.1 Å². The van der Waals surface area contributed by atoms with E-state index in [1.165, 1.54) is 0 Å². The molecule has 0 N–H and O–H groups in total. The summed E-state index contributed by atoms with van der Waals surface area (Å²) in [6, 6.07) is 10.1. The van der Waals surface area contributed by atoms with Crippen molar-refractivity contribution in [2.24, 2.45) is 5.92 Å². The molecule has 0 aromatic heterocycles. The molecule has 0 saturated heterocycles. The first-order valence-electron chi connectivity index (χ1n) is 5.54. The van der Waals surface area contributed by atoms with E-state index in [0.717, 1.165) is 30.4 Å². The third-order valence-electron chi connectivity index (χ3n) is 2.94. The Morgan fingerprint density at radius 1 is 1.27 bits per heavy atom. The van der Waals surface area contributed by atoms with Crippen molar-refractivity contribution in [3.05, 3.63) is 41.5 Å². The molecule has 0 heterocycles. The summed E-state index contributed by atoms with van der Waals surface area (Å²) in [5.41, 5.74) is 2.13. The Morgan fingerprint density at radius 2 is 2.00 bits per heavy atom. The van der Waals surface area contributed by atoms with E-state index < -0.39 is 0 Å². The molecule has 0 aliphatic heterocycles. The van der Waals surface area contributed by atoms with Gasteiger partial charge in [0.05, 0.1) is 0 Å². The summed E-state index contributed by atoms with van der Waals surface area (Å²) in [5, 5.41) is 0. The Hall–Kier alpha value is -1.37. The molecule has 0 bridgehead atoms. The predicted molar refractivity (Wildman–Crippen MR) is 62.4 cm³/mol. The second-order valence-electron chi connectivity index (χ2n) is 4.35. The van der Waals surface area contributed by atoms with E-state index in [2.05, 4.69) is 6.92 Å². The molecule has 1 unspecified atom stereocenters. The Kier molecular flexibility index (Phi) is 3.00. The minimum absolute atomic E-state index is 0.331. The maximum absolute atomic E-state index is 11.7. The summed E-state index contributed by atoms with van der Waals surface area (Å²) >= 11 is 0. The van der Waals surface area contributed by atoms with Gasteiger partial charge in [-0.2, -0.15) is 0 Å². The number of hydrogen-bond donors (Lipinski definition) is 0. The molecule has 1 fully saturated rings. The van der Waals surface area contributed by atoms with Gasteiger partial charge in [-0.1, -0.05) is 37.3 Å². The molecule has 0 amide bonds. The van der Waals surface area contributed by atoms with Crippen LogP contribution in [0.1, 0.15) is 31.7 Å². The van der Waals surface area contributed by atoms with Gasteiger partial charge in [0, 0.05) is 6.42 Å². The van der Waals surface area contributed by atoms with Crippen molar-refractivity contribution in [1.82, 2.24) is 0 Å². The van der Waals surface area contributed by atoms with Crippen LogP contribution in [0.25, 0.3) is 6.08 Å². The monoisotopic (exact) mass is 200 g/mol. The zero-order chi connectivity index (χ0) is 10.7. The molecular weight excluding hydrogens is 184 g/mol. The molecule has 1 nitrogen and oxygen atoms in total. The number of allylic oxidation sites excluding steroid dienone is 1. The lowest BCUT2D eigenvalue weighted by Gasteiger charge is -2.18. The summed E-state index contributed by atoms with van der Waals surface area (Å²) in [7, 11) is 0. The van der Waals surface area contributed by atoms with Crippen LogP contribution in [0, 0.1) is 5.92 Å². The minimum Gasteiger partial charge on any atom is -0.295 e. The average Bonchev–Trinajstić information content (AvgIpc) is 2.24. The number of Topliss-reactive ketones (excluding diaryl/α,β-unsaturated/α-hetero) is 1. The van der Waals surface area contributed by atoms with Crippen LogP contribution >= 0.6 is 0 Å². The number of carbonyl (C=O) groups excluding carboxylic acids is 1. The minimum atomic E-state index is 0.331. The number of benzene rings is 1. The van der Waals surface area contributed by atoms with E-state index in [-0.39, 0.29) is 0 Å². The summed E-state index contributed by atoms with van der Waals surface area (Å²) in [4.78, 5) is 11.7. The first-order valence-corrected chi connectivity index (χ1v) is 5.54. The SMILES string of the molecule is CC1CCC(=Cc2ccccc2)C(=O)C1. The van der Waals surface area contributed by atoms with Crippen molar-refractivity contribution in [2.45, 2.75) is 26.2 Å². The normalized spacial score (nSPS) is 24.5. The number of carbonyl (C=O) groups is 1. The van der Waals surface area contributed by atoms with Gasteiger partial charge in [-0.3, -0.25) is 4.79 Å². The van der Waals surface area contributed by atoms with Gasteiger partial charge in [0.1, 0.15) is 0 Å². The molecule has 1 atom stereocenters. The van der Waals surface area contributed by atoms with Crippen molar-refractivity contribution in [2.75, 3.05) is 0 Å². The lowest BCUT2D eigenvalue weighted by Crippen LogP contribution is -2.15. The Morgan fingerprint density at radius 3 is 2.67 bits per heavy atom. The zero-order valence-electron chi connectivity index (χ0n) is 9.07. The van der Waals surface area contributed by atoms with Crippen molar-refractivity contribution in [3.63, 3.8) is 0 Å². The van der Waals surface area contributed by atoms with Crippen molar-refractivity contribution in [3.8, 4) is 0 Å². The Labute approximate surface area is 90.8 Å². The Bertz CT molecular complexity index is 376. The van der Waals surface area contributed by atoms with E-state index in [1.807, 2.05) is 36.4 Å². The predicted octanol–water partition coefficient (Wildman–Crippen LogP) is 3.46. The molecule has 1 aromatic rings. The first kappa shape index (κ1) is 10.2. The van der Waals surface area contributed by atoms with Crippen LogP contribution in [-0.4, -0.2) is 5.78 Å². The fourth-order valence-corrected chi connectivity index (χ4v) is 1.99. The molecule has 1 aromatic carbocycles. The molecular formula is C14H16O. The number of rotatable bonds is 1. The standard InChI is InChI=1S/C14H16O/c1-11-7-8-13(14(15)9-11)10-12-5-3-2-4-6-12/h2-6,10-11H,7-9H2,1H3. The largest absolute Gasteiger partial charge is 0.295 e. The molecule has 1 aliphatic rings. The highest BCUT2D eigenvalue weighted by Gasteiger charge is 2.19. The lowest BCUT2D eigenvalue weighted by molar-refractivity contribution is -0.117. The first-order chi connectivity index (χ1) is 7.25. The molecule has 78 valence electrons. The number of ketones is 1. The molecule has 1 saturated carbocycles. The second kappa shape index (κ2) is 4.43. The molecule has 15 heavy (non-hydrogen) atoms. The van der Waals surface area contributed by atoms with Crippen LogP contribution in [0.2, 0.25) is 0 Å². The summed E-state index contributed by atoms with van der Waals surface area (Å²) in [5.74, 6) is 0.892. The molecule has 0 radical (unpaired) electrons. The highest BCUT2D eigenvalue weighted by molar-refractivity contribution is 6.00. The highest BCUT2D eigenvalue weighted by atomic mass is 16.1. The van der Waals surface area contributed by atoms with Crippen molar-refractivity contribution >= 4 is 11.9 Å². The van der Waals surface area contributed by atoms with Crippen LogP contribution in [0.5, 0.6) is 0 Å². The van der Waals surface area contributed by atoms with Crippen LogP contribution in [0.4, 0.5) is 0 Å². The van der Waals surface area contributed by atoms with Crippen molar-refractivity contribution < 1.29 is 4.79 Å². The summed E-state index contributed by atoms with van der Waals surface area (Å²) < 4.78 is 0. The van der Waals surface area contributed by atoms with E-state index in [4.69, 9.17) is 0 Å². The van der Waals surface area contributed by atoms with Gasteiger partial charge >= 0.3 is 0 Å². The zero-order valence-corrected chi connectivity index (χ0v) is 9.07. The highest BCUT2D eigenvalue weighted by Crippen LogP contribution is 2.26. The molecule has 1 heteroatoms. The van der Waals surface area contributed by atoms with Gasteiger partial charge in [-0.05, 0) is 36.0 Å². The van der Waals surface area contributed by atoms with Crippen LogP contribution < -0.4 is 0 Å². The molecule has 2 rings (SSSR count). The van der Waals surface area contributed by atoms with Crippen LogP contribution in [0.3, 0.4) is 0 Å².